The van der Waals surface area contributed by atoms with Crippen LogP contribution in [0.4, 0.5) is 5.82 Å². The van der Waals surface area contributed by atoms with Crippen LogP contribution in [-0.4, -0.2) is 91.2 Å². The SMILES string of the molecule is CCCCC(NS(=O)(=O)CCN(CC)CC)C(=O)Nc1cn(C(C)(C(=O)N2CCCC2)c2ccc(OC)cc2)cn1. The summed E-state index contributed by atoms with van der Waals surface area (Å²) in [5, 5.41) is 2.78. The molecule has 228 valence electrons. The Balaban J connectivity index is 1.82. The van der Waals surface area contributed by atoms with Gasteiger partial charge in [0.1, 0.15) is 17.3 Å². The van der Waals surface area contributed by atoms with E-state index in [1.165, 1.54) is 6.33 Å². The summed E-state index contributed by atoms with van der Waals surface area (Å²) in [5.41, 5.74) is -0.354. The Kier molecular flexibility index (Phi) is 11.7. The van der Waals surface area contributed by atoms with E-state index in [0.29, 0.717) is 38.2 Å². The second-order valence-electron chi connectivity index (χ2n) is 10.6. The van der Waals surface area contributed by atoms with Crippen molar-refractivity contribution < 1.29 is 22.7 Å². The van der Waals surface area contributed by atoms with Crippen molar-refractivity contribution in [3.63, 3.8) is 0 Å². The van der Waals surface area contributed by atoms with Crippen LogP contribution in [-0.2, 0) is 25.2 Å². The molecule has 2 heterocycles. The predicted octanol–water partition coefficient (Wildman–Crippen LogP) is 3.04. The molecule has 1 fully saturated rings. The van der Waals surface area contributed by atoms with Crippen molar-refractivity contribution in [1.82, 2.24) is 24.1 Å². The fourth-order valence-electron chi connectivity index (χ4n) is 5.09. The lowest BCUT2D eigenvalue weighted by Gasteiger charge is -2.34. The molecule has 0 aliphatic carbocycles. The van der Waals surface area contributed by atoms with Gasteiger partial charge in [0.15, 0.2) is 5.82 Å². The number of unbranched alkanes of at least 4 members (excludes halogenated alkanes) is 1. The smallest absolute Gasteiger partial charge is 0.253 e. The number of nitrogens with zero attached hydrogens (tertiary/aromatic N) is 4. The highest BCUT2D eigenvalue weighted by molar-refractivity contribution is 7.89. The van der Waals surface area contributed by atoms with Gasteiger partial charge in [-0.2, -0.15) is 0 Å². The molecule has 3 rings (SSSR count). The molecule has 1 aromatic heterocycles. The number of sulfonamides is 1. The zero-order valence-corrected chi connectivity index (χ0v) is 25.9. The second kappa shape index (κ2) is 14.8. The minimum absolute atomic E-state index is 0.0581. The van der Waals surface area contributed by atoms with Gasteiger partial charge in [-0.25, -0.2) is 18.1 Å². The summed E-state index contributed by atoms with van der Waals surface area (Å²) in [5.74, 6) is 0.302. The number of carbonyl (C=O) groups excluding carboxylic acids is 2. The maximum absolute atomic E-state index is 13.9. The van der Waals surface area contributed by atoms with Gasteiger partial charge >= 0.3 is 0 Å². The Morgan fingerprint density at radius 3 is 2.37 bits per heavy atom. The number of likely N-dealkylation sites (tertiary alicyclic amines) is 1. The normalized spacial score (nSPS) is 16.0. The molecule has 12 heteroatoms. The Labute approximate surface area is 244 Å². The standard InChI is InChI=1S/C29H46N6O5S/c1-6-9-12-25(32-41(38,39)20-19-33(7-2)8-3)27(36)31-26-21-35(22-30-26)29(4,28(37)34-17-10-11-18-34)23-13-15-24(40-5)16-14-23/h13-16,21-22,25,32H,6-12,17-20H2,1-5H3,(H,31,36). The van der Waals surface area contributed by atoms with E-state index in [1.807, 2.05) is 61.8 Å². The highest BCUT2D eigenvalue weighted by atomic mass is 32.2. The average Bonchev–Trinajstić information content (AvgIpc) is 3.68. The summed E-state index contributed by atoms with van der Waals surface area (Å²) in [6.45, 7) is 11.1. The average molecular weight is 591 g/mol. The lowest BCUT2D eigenvalue weighted by atomic mass is 9.90. The molecule has 11 nitrogen and oxygen atoms in total. The fourth-order valence-corrected chi connectivity index (χ4v) is 6.36. The van der Waals surface area contributed by atoms with E-state index in [1.54, 1.807) is 17.9 Å². The molecular weight excluding hydrogens is 544 g/mol. The molecule has 1 aliphatic heterocycles. The molecule has 2 N–H and O–H groups in total. The number of hydrogen-bond acceptors (Lipinski definition) is 7. The third kappa shape index (κ3) is 8.30. The van der Waals surface area contributed by atoms with Gasteiger partial charge in [0, 0.05) is 25.8 Å². The Morgan fingerprint density at radius 1 is 1.12 bits per heavy atom. The first kappa shape index (κ1) is 32.6. The van der Waals surface area contributed by atoms with Gasteiger partial charge < -0.3 is 24.4 Å². The molecule has 0 bridgehead atoms. The van der Waals surface area contributed by atoms with Crippen molar-refractivity contribution in [2.75, 3.05) is 50.9 Å². The first-order valence-corrected chi connectivity index (χ1v) is 16.2. The van der Waals surface area contributed by atoms with Crippen molar-refractivity contribution in [2.45, 2.75) is 71.4 Å². The van der Waals surface area contributed by atoms with Gasteiger partial charge in [-0.1, -0.05) is 45.7 Å². The van der Waals surface area contributed by atoms with Crippen LogP contribution in [0.2, 0.25) is 0 Å². The van der Waals surface area contributed by atoms with Gasteiger partial charge in [0.05, 0.1) is 19.2 Å². The molecule has 0 radical (unpaired) electrons. The highest BCUT2D eigenvalue weighted by Crippen LogP contribution is 2.32. The van der Waals surface area contributed by atoms with E-state index < -0.39 is 27.5 Å². The lowest BCUT2D eigenvalue weighted by molar-refractivity contribution is -0.137. The largest absolute Gasteiger partial charge is 0.497 e. The molecule has 2 aromatic rings. The monoisotopic (exact) mass is 590 g/mol. The lowest BCUT2D eigenvalue weighted by Crippen LogP contribution is -2.48. The van der Waals surface area contributed by atoms with E-state index in [0.717, 1.165) is 37.9 Å². The summed E-state index contributed by atoms with van der Waals surface area (Å²) < 4.78 is 35.3. The molecule has 2 amide bonds. The highest BCUT2D eigenvalue weighted by Gasteiger charge is 2.41. The first-order chi connectivity index (χ1) is 19.6. The third-order valence-electron chi connectivity index (χ3n) is 7.87. The molecule has 2 atom stereocenters. The van der Waals surface area contributed by atoms with Gasteiger partial charge in [-0.15, -0.1) is 0 Å². The number of nitrogens with one attached hydrogen (secondary N) is 2. The van der Waals surface area contributed by atoms with Crippen LogP contribution in [0.25, 0.3) is 0 Å². The van der Waals surface area contributed by atoms with Crippen molar-refractivity contribution in [3.05, 3.63) is 42.4 Å². The van der Waals surface area contributed by atoms with Gasteiger partial charge in [0.2, 0.25) is 15.9 Å². The summed E-state index contributed by atoms with van der Waals surface area (Å²) >= 11 is 0. The van der Waals surface area contributed by atoms with Crippen molar-refractivity contribution >= 4 is 27.7 Å². The maximum Gasteiger partial charge on any atom is 0.253 e. The third-order valence-corrected chi connectivity index (χ3v) is 9.23. The number of methoxy groups -OCH3 is 1. The van der Waals surface area contributed by atoms with E-state index in [-0.39, 0.29) is 17.5 Å². The van der Waals surface area contributed by atoms with Gasteiger partial charge in [-0.05, 0) is 57.0 Å². The van der Waals surface area contributed by atoms with E-state index >= 15 is 0 Å². The number of benzene rings is 1. The fraction of sp³-hybridized carbons (Fsp3) is 0.621. The maximum atomic E-state index is 13.9. The summed E-state index contributed by atoms with van der Waals surface area (Å²) in [4.78, 5) is 35.4. The zero-order chi connectivity index (χ0) is 30.0. The van der Waals surface area contributed by atoms with Crippen LogP contribution < -0.4 is 14.8 Å². The summed E-state index contributed by atoms with van der Waals surface area (Å²) in [6.07, 6.45) is 6.94. The molecular formula is C29H46N6O5S. The second-order valence-corrected chi connectivity index (χ2v) is 12.5. The van der Waals surface area contributed by atoms with Crippen LogP contribution >= 0.6 is 0 Å². The number of aromatic nitrogens is 2. The molecule has 2 unspecified atom stereocenters. The molecule has 0 saturated carbocycles. The zero-order valence-electron chi connectivity index (χ0n) is 25.1. The van der Waals surface area contributed by atoms with Crippen LogP contribution in [0.1, 0.15) is 65.4 Å². The first-order valence-electron chi connectivity index (χ1n) is 14.6. The Bertz CT molecular complexity index is 1240. The number of anilines is 1. The van der Waals surface area contributed by atoms with E-state index in [9.17, 15) is 18.0 Å². The minimum atomic E-state index is -3.68. The van der Waals surface area contributed by atoms with E-state index in [2.05, 4.69) is 15.0 Å². The number of ether oxygens (including phenoxy) is 1. The molecule has 1 aliphatic rings. The predicted molar refractivity (Wildman–Crippen MR) is 160 cm³/mol. The minimum Gasteiger partial charge on any atom is -0.497 e. The molecule has 41 heavy (non-hydrogen) atoms. The number of rotatable bonds is 16. The Hall–Kier alpha value is -2.96. The number of amides is 2. The number of carbonyl (C=O) groups is 2. The van der Waals surface area contributed by atoms with Gasteiger partial charge in [-0.3, -0.25) is 9.59 Å². The van der Waals surface area contributed by atoms with E-state index in [4.69, 9.17) is 4.74 Å². The van der Waals surface area contributed by atoms with Gasteiger partial charge in [0.25, 0.3) is 5.91 Å². The molecule has 0 spiro atoms. The van der Waals surface area contributed by atoms with Crippen molar-refractivity contribution in [1.29, 1.82) is 0 Å². The Morgan fingerprint density at radius 2 is 1.78 bits per heavy atom. The number of imidazole rings is 1. The molecule has 1 saturated heterocycles. The topological polar surface area (TPSA) is 126 Å². The van der Waals surface area contributed by atoms with Crippen LogP contribution in [0.3, 0.4) is 0 Å². The van der Waals surface area contributed by atoms with Crippen LogP contribution in [0.15, 0.2) is 36.8 Å². The summed E-state index contributed by atoms with van der Waals surface area (Å²) in [6, 6.07) is 6.42. The van der Waals surface area contributed by atoms with Crippen LogP contribution in [0, 0.1) is 0 Å². The molecule has 1 aromatic carbocycles. The van der Waals surface area contributed by atoms with Crippen molar-refractivity contribution in [2.24, 2.45) is 0 Å². The van der Waals surface area contributed by atoms with Crippen molar-refractivity contribution in [3.8, 4) is 5.75 Å². The number of hydrogen-bond donors (Lipinski definition) is 2. The summed E-state index contributed by atoms with van der Waals surface area (Å²) in [7, 11) is -2.09. The quantitative estimate of drug-likeness (QED) is 0.308. The van der Waals surface area contributed by atoms with Crippen LogP contribution in [0.5, 0.6) is 5.75 Å².